The van der Waals surface area contributed by atoms with E-state index in [1.807, 2.05) is 23.9 Å². The van der Waals surface area contributed by atoms with Crippen LogP contribution >= 0.6 is 23.1 Å². The molecule has 4 rings (SSSR count). The highest BCUT2D eigenvalue weighted by Gasteiger charge is 2.30. The molecule has 0 spiro atoms. The first-order chi connectivity index (χ1) is 10.3. The van der Waals surface area contributed by atoms with Gasteiger partial charge in [0.2, 0.25) is 0 Å². The lowest BCUT2D eigenvalue weighted by Crippen LogP contribution is -2.20. The maximum Gasteiger partial charge on any atom is 0.191 e. The van der Waals surface area contributed by atoms with Crippen LogP contribution in [0.15, 0.2) is 47.4 Å². The fraction of sp³-hybridized carbons (Fsp3) is 0.188. The number of thioether (sulfide) groups is 1. The van der Waals surface area contributed by atoms with Gasteiger partial charge in [-0.2, -0.15) is 0 Å². The molecule has 3 nitrogen and oxygen atoms in total. The number of nitrogens with zero attached hydrogens (tertiary/aromatic N) is 2. The van der Waals surface area contributed by atoms with Gasteiger partial charge in [0.05, 0.1) is 28.4 Å². The highest BCUT2D eigenvalue weighted by Crippen LogP contribution is 2.49. The van der Waals surface area contributed by atoms with Crippen LogP contribution in [0.3, 0.4) is 0 Å². The molecule has 5 heteroatoms. The van der Waals surface area contributed by atoms with Crippen LogP contribution in [0, 0.1) is 0 Å². The summed E-state index contributed by atoms with van der Waals surface area (Å²) in [6.45, 7) is 2.21. The molecule has 2 aromatic carbocycles. The zero-order chi connectivity index (χ0) is 14.4. The summed E-state index contributed by atoms with van der Waals surface area (Å²) in [6.07, 6.45) is 0. The second kappa shape index (κ2) is 4.93. The topological polar surface area (TPSA) is 25.4 Å². The number of para-hydroxylation sites is 1. The van der Waals surface area contributed by atoms with Crippen LogP contribution in [-0.2, 0) is 0 Å². The number of fused-ring (bicyclic) bond motifs is 2. The van der Waals surface area contributed by atoms with Gasteiger partial charge in [0.1, 0.15) is 5.75 Å². The summed E-state index contributed by atoms with van der Waals surface area (Å²) in [6, 6.07) is 14.5. The Balaban J connectivity index is 1.85. The lowest BCUT2D eigenvalue weighted by molar-refractivity contribution is 0.414. The van der Waals surface area contributed by atoms with Crippen molar-refractivity contribution in [1.29, 1.82) is 0 Å². The smallest absolute Gasteiger partial charge is 0.191 e. The van der Waals surface area contributed by atoms with E-state index in [1.54, 1.807) is 18.4 Å². The molecule has 0 N–H and O–H groups in total. The summed E-state index contributed by atoms with van der Waals surface area (Å²) >= 11 is 3.60. The van der Waals surface area contributed by atoms with Crippen molar-refractivity contribution in [2.24, 2.45) is 0 Å². The molecule has 1 aromatic heterocycles. The number of thiazole rings is 1. The predicted octanol–water partition coefficient (Wildman–Crippen LogP) is 4.89. The van der Waals surface area contributed by atoms with Gasteiger partial charge in [-0.25, -0.2) is 4.98 Å². The van der Waals surface area contributed by atoms with E-state index in [0.29, 0.717) is 5.37 Å². The zero-order valence-corrected chi connectivity index (χ0v) is 13.4. The Morgan fingerprint density at radius 3 is 2.86 bits per heavy atom. The Morgan fingerprint density at radius 2 is 2.05 bits per heavy atom. The Hall–Kier alpha value is -1.72. The highest BCUT2D eigenvalue weighted by atomic mass is 32.2. The third kappa shape index (κ3) is 2.08. The number of rotatable bonds is 2. The standard InChI is InChI=1S/C16H14N2OS2/c1-10-18(13-9-11(19-2)7-8-15(13)20-10)16-17-12-5-3-4-6-14(12)21-16/h3-10H,1-2H3. The molecule has 1 atom stereocenters. The third-order valence-corrected chi connectivity index (χ3v) is 5.76. The summed E-state index contributed by atoms with van der Waals surface area (Å²) in [5.41, 5.74) is 2.25. The first kappa shape index (κ1) is 13.0. The van der Waals surface area contributed by atoms with Gasteiger partial charge in [-0.05, 0) is 31.2 Å². The van der Waals surface area contributed by atoms with E-state index in [-0.39, 0.29) is 0 Å². The van der Waals surface area contributed by atoms with Crippen molar-refractivity contribution < 1.29 is 4.74 Å². The minimum Gasteiger partial charge on any atom is -0.497 e. The van der Waals surface area contributed by atoms with Crippen molar-refractivity contribution in [2.45, 2.75) is 17.2 Å². The fourth-order valence-corrected chi connectivity index (χ4v) is 4.80. The van der Waals surface area contributed by atoms with Gasteiger partial charge < -0.3 is 9.64 Å². The van der Waals surface area contributed by atoms with Gasteiger partial charge in [-0.1, -0.05) is 35.2 Å². The fourth-order valence-electron chi connectivity index (χ4n) is 2.57. The number of hydrogen-bond acceptors (Lipinski definition) is 5. The molecule has 2 heterocycles. The van der Waals surface area contributed by atoms with Gasteiger partial charge in [-0.15, -0.1) is 0 Å². The summed E-state index contributed by atoms with van der Waals surface area (Å²) in [4.78, 5) is 8.37. The van der Waals surface area contributed by atoms with Crippen LogP contribution in [0.4, 0.5) is 10.8 Å². The molecular formula is C16H14N2OS2. The van der Waals surface area contributed by atoms with E-state index < -0.39 is 0 Å². The number of hydrogen-bond donors (Lipinski definition) is 0. The molecule has 0 amide bonds. The Labute approximate surface area is 131 Å². The van der Waals surface area contributed by atoms with Crippen molar-refractivity contribution >= 4 is 44.1 Å². The zero-order valence-electron chi connectivity index (χ0n) is 11.7. The molecule has 0 saturated heterocycles. The van der Waals surface area contributed by atoms with Gasteiger partial charge in [0.25, 0.3) is 0 Å². The second-order valence-corrected chi connectivity index (χ2v) is 7.25. The van der Waals surface area contributed by atoms with Crippen LogP contribution < -0.4 is 9.64 Å². The first-order valence-corrected chi connectivity index (χ1v) is 8.45. The second-order valence-electron chi connectivity index (χ2n) is 4.88. The van der Waals surface area contributed by atoms with Crippen molar-refractivity contribution in [2.75, 3.05) is 12.0 Å². The Bertz CT molecular complexity index is 782. The molecule has 1 unspecified atom stereocenters. The summed E-state index contributed by atoms with van der Waals surface area (Å²) in [5.74, 6) is 0.884. The largest absolute Gasteiger partial charge is 0.497 e. The number of ether oxygens (including phenoxy) is 1. The van der Waals surface area contributed by atoms with Crippen LogP contribution in [0.5, 0.6) is 5.75 Å². The van der Waals surface area contributed by atoms with Crippen LogP contribution in [0.25, 0.3) is 10.2 Å². The molecule has 106 valence electrons. The van der Waals surface area contributed by atoms with E-state index in [0.717, 1.165) is 16.4 Å². The average Bonchev–Trinajstić information content (AvgIpc) is 3.05. The molecule has 0 fully saturated rings. The summed E-state index contributed by atoms with van der Waals surface area (Å²) in [5, 5.41) is 1.39. The van der Waals surface area contributed by atoms with Crippen molar-refractivity contribution in [1.82, 2.24) is 4.98 Å². The number of anilines is 2. The van der Waals surface area contributed by atoms with Gasteiger partial charge >= 0.3 is 0 Å². The normalized spacial score (nSPS) is 17.2. The number of benzene rings is 2. The molecule has 0 bridgehead atoms. The van der Waals surface area contributed by atoms with E-state index in [1.165, 1.54) is 15.3 Å². The quantitative estimate of drug-likeness (QED) is 0.672. The van der Waals surface area contributed by atoms with Crippen molar-refractivity contribution in [3.05, 3.63) is 42.5 Å². The van der Waals surface area contributed by atoms with Crippen molar-refractivity contribution in [3.63, 3.8) is 0 Å². The van der Waals surface area contributed by atoms with E-state index in [2.05, 4.69) is 42.2 Å². The SMILES string of the molecule is COc1ccc2c(c1)N(c1nc3ccccc3s1)C(C)S2. The average molecular weight is 314 g/mol. The molecule has 0 saturated carbocycles. The Kier molecular flexibility index (Phi) is 3.05. The van der Waals surface area contributed by atoms with E-state index in [9.17, 15) is 0 Å². The van der Waals surface area contributed by atoms with E-state index >= 15 is 0 Å². The predicted molar refractivity (Wildman–Crippen MR) is 90.1 cm³/mol. The van der Waals surface area contributed by atoms with E-state index in [4.69, 9.17) is 9.72 Å². The number of methoxy groups -OCH3 is 1. The van der Waals surface area contributed by atoms with Crippen molar-refractivity contribution in [3.8, 4) is 5.75 Å². The lowest BCUT2D eigenvalue weighted by atomic mass is 10.3. The molecule has 0 aliphatic carbocycles. The first-order valence-electron chi connectivity index (χ1n) is 6.76. The lowest BCUT2D eigenvalue weighted by Gasteiger charge is -2.20. The molecule has 3 aromatic rings. The van der Waals surface area contributed by atoms with Gasteiger partial charge in [0, 0.05) is 11.0 Å². The summed E-state index contributed by atoms with van der Waals surface area (Å²) in [7, 11) is 1.70. The Morgan fingerprint density at radius 1 is 1.19 bits per heavy atom. The van der Waals surface area contributed by atoms with Crippen LogP contribution in [-0.4, -0.2) is 17.5 Å². The van der Waals surface area contributed by atoms with Crippen LogP contribution in [0.1, 0.15) is 6.92 Å². The molecular weight excluding hydrogens is 300 g/mol. The molecule has 1 aliphatic rings. The van der Waals surface area contributed by atoms with Gasteiger partial charge in [0.15, 0.2) is 5.13 Å². The van der Waals surface area contributed by atoms with Crippen LogP contribution in [0.2, 0.25) is 0 Å². The number of aromatic nitrogens is 1. The molecule has 1 aliphatic heterocycles. The van der Waals surface area contributed by atoms with Gasteiger partial charge in [-0.3, -0.25) is 0 Å². The molecule has 21 heavy (non-hydrogen) atoms. The minimum atomic E-state index is 0.340. The summed E-state index contributed by atoms with van der Waals surface area (Å²) < 4.78 is 6.59. The third-order valence-electron chi connectivity index (χ3n) is 3.58. The maximum absolute atomic E-state index is 5.36. The maximum atomic E-state index is 5.36. The monoisotopic (exact) mass is 314 g/mol. The highest BCUT2D eigenvalue weighted by molar-refractivity contribution is 8.00. The molecule has 0 radical (unpaired) electrons. The minimum absolute atomic E-state index is 0.340.